The van der Waals surface area contributed by atoms with E-state index in [4.69, 9.17) is 14.2 Å². The number of anilines is 1. The normalized spacial score (nSPS) is 18.2. The van der Waals surface area contributed by atoms with Crippen LogP contribution in [0.3, 0.4) is 0 Å². The smallest absolute Gasteiger partial charge is 0.259 e. The average molecular weight is 858 g/mol. The molecule has 2 fully saturated rings. The number of carbonyl (C=O) groups excluding carboxylic acids is 1. The molecule has 0 radical (unpaired) electrons. The monoisotopic (exact) mass is 857 g/mol. The Labute approximate surface area is 365 Å². The average Bonchev–Trinajstić information content (AvgIpc) is 3.87. The molecule has 6 aromatic rings. The number of aromatic nitrogens is 1. The summed E-state index contributed by atoms with van der Waals surface area (Å²) in [6.07, 6.45) is 4.16. The molecule has 6 heterocycles. The summed E-state index contributed by atoms with van der Waals surface area (Å²) in [5.74, 6) is 0.808. The Balaban J connectivity index is 0.000000169. The van der Waals surface area contributed by atoms with Crippen LogP contribution < -0.4 is 25.4 Å². The van der Waals surface area contributed by atoms with Gasteiger partial charge in [0, 0.05) is 114 Å². The van der Waals surface area contributed by atoms with Gasteiger partial charge in [0.25, 0.3) is 5.56 Å². The molecule has 2 atom stereocenters. The van der Waals surface area contributed by atoms with Crippen molar-refractivity contribution in [1.29, 1.82) is 0 Å². The second kappa shape index (κ2) is 19.3. The summed E-state index contributed by atoms with van der Waals surface area (Å²) in [6.45, 7) is 14.3. The maximum atomic E-state index is 12.8. The summed E-state index contributed by atoms with van der Waals surface area (Å²) >= 11 is 3.61. The molecule has 3 aromatic carbocycles. The molecule has 1 N–H and O–H groups in total. The highest BCUT2D eigenvalue weighted by atomic mass is 32.1. The van der Waals surface area contributed by atoms with E-state index in [9.17, 15) is 9.59 Å². The number of rotatable bonds is 10. The number of morpholine rings is 2. The number of likely N-dealkylation sites (N-methyl/N-ethyl adjacent to an activating group) is 1. The topological polar surface area (TPSA) is 88.5 Å². The zero-order valence-corrected chi connectivity index (χ0v) is 37.3. The first-order valence-electron chi connectivity index (χ1n) is 21.0. The summed E-state index contributed by atoms with van der Waals surface area (Å²) in [5.41, 5.74) is 6.53. The van der Waals surface area contributed by atoms with E-state index in [1.165, 1.54) is 43.1 Å². The molecule has 61 heavy (non-hydrogen) atoms. The van der Waals surface area contributed by atoms with E-state index in [0.29, 0.717) is 18.7 Å². The zero-order chi connectivity index (χ0) is 42.5. The Kier molecular flexibility index (Phi) is 13.5. The van der Waals surface area contributed by atoms with E-state index < -0.39 is 0 Å². The third-order valence-electron chi connectivity index (χ3n) is 11.4. The van der Waals surface area contributed by atoms with Crippen molar-refractivity contribution in [2.45, 2.75) is 52.6 Å². The number of hydrogen-bond acceptors (Lipinski definition) is 10. The van der Waals surface area contributed by atoms with Crippen LogP contribution in [0.15, 0.2) is 102 Å². The van der Waals surface area contributed by atoms with Gasteiger partial charge in [-0.05, 0) is 72.5 Å². The SMILES string of the molecule is CC(=O)Nc1cccc(-c2cn(C)c(=O)c3cc(CN4CCOCC4C)sc23)c1.C[C@H]1COCCN1Cc1cc2c(s1)=C(c1cccc(OCc3ccccc3)c1)CN(C)C=2. The first-order chi connectivity index (χ1) is 29.6. The molecular weight excluding hydrogens is 803 g/mol. The van der Waals surface area contributed by atoms with Crippen LogP contribution in [0.5, 0.6) is 5.75 Å². The van der Waals surface area contributed by atoms with Gasteiger partial charge in [-0.15, -0.1) is 22.7 Å². The number of amides is 1. The third kappa shape index (κ3) is 10.3. The molecule has 3 aliphatic rings. The highest BCUT2D eigenvalue weighted by Gasteiger charge is 2.23. The van der Waals surface area contributed by atoms with Gasteiger partial charge in [0.2, 0.25) is 5.91 Å². The first kappa shape index (κ1) is 42.6. The van der Waals surface area contributed by atoms with E-state index >= 15 is 0 Å². The van der Waals surface area contributed by atoms with Crippen molar-refractivity contribution in [3.05, 3.63) is 138 Å². The van der Waals surface area contributed by atoms with Crippen molar-refractivity contribution in [3.63, 3.8) is 0 Å². The lowest BCUT2D eigenvalue weighted by molar-refractivity contribution is -0.114. The Hall–Kier alpha value is -5.08. The summed E-state index contributed by atoms with van der Waals surface area (Å²) < 4.78 is 21.3. The third-order valence-corrected chi connectivity index (χ3v) is 13.8. The summed E-state index contributed by atoms with van der Waals surface area (Å²) in [4.78, 5) is 34.0. The molecule has 0 bridgehead atoms. The number of nitrogens with one attached hydrogen (secondary N) is 1. The number of hydrogen-bond donors (Lipinski definition) is 1. The number of aryl methyl sites for hydroxylation is 1. The van der Waals surface area contributed by atoms with Crippen molar-refractivity contribution in [3.8, 4) is 16.9 Å². The minimum Gasteiger partial charge on any atom is -0.489 e. The second-order valence-electron chi connectivity index (χ2n) is 16.3. The molecule has 318 valence electrons. The number of ether oxygens (including phenoxy) is 3. The van der Waals surface area contributed by atoms with Gasteiger partial charge in [0.15, 0.2) is 0 Å². The zero-order valence-electron chi connectivity index (χ0n) is 35.7. The maximum absolute atomic E-state index is 12.8. The van der Waals surface area contributed by atoms with Crippen LogP contribution in [0.1, 0.15) is 41.7 Å². The van der Waals surface area contributed by atoms with Gasteiger partial charge in [0.05, 0.1) is 31.8 Å². The number of fused-ring (bicyclic) bond motifs is 2. The van der Waals surface area contributed by atoms with Gasteiger partial charge in [-0.3, -0.25) is 19.4 Å². The van der Waals surface area contributed by atoms with Crippen molar-refractivity contribution in [2.75, 3.05) is 58.4 Å². The van der Waals surface area contributed by atoms with Crippen molar-refractivity contribution in [2.24, 2.45) is 7.05 Å². The van der Waals surface area contributed by atoms with Crippen molar-refractivity contribution in [1.82, 2.24) is 19.3 Å². The van der Waals surface area contributed by atoms with Crippen LogP contribution in [-0.2, 0) is 41.0 Å². The molecule has 3 aliphatic heterocycles. The summed E-state index contributed by atoms with van der Waals surface area (Å²) in [5, 5.41) is 4.90. The number of thiophene rings is 2. The Morgan fingerprint density at radius 2 is 1.51 bits per heavy atom. The molecule has 3 aromatic heterocycles. The van der Waals surface area contributed by atoms with Crippen LogP contribution in [0.2, 0.25) is 0 Å². The summed E-state index contributed by atoms with van der Waals surface area (Å²) in [6, 6.07) is 31.8. The van der Waals surface area contributed by atoms with E-state index in [1.807, 2.05) is 72.1 Å². The number of carbonyl (C=O) groups is 1. The Morgan fingerprint density at radius 1 is 0.820 bits per heavy atom. The number of benzene rings is 3. The predicted octanol–water partition coefficient (Wildman–Crippen LogP) is 6.88. The fourth-order valence-corrected chi connectivity index (χ4v) is 10.6. The Morgan fingerprint density at radius 3 is 2.21 bits per heavy atom. The minimum atomic E-state index is -0.106. The quantitative estimate of drug-likeness (QED) is 0.160. The van der Waals surface area contributed by atoms with E-state index in [0.717, 1.165) is 91.8 Å². The number of pyridine rings is 1. The lowest BCUT2D eigenvalue weighted by Crippen LogP contribution is -2.42. The molecule has 0 saturated carbocycles. The molecule has 2 saturated heterocycles. The molecule has 12 heteroatoms. The molecule has 10 nitrogen and oxygen atoms in total. The largest absolute Gasteiger partial charge is 0.489 e. The molecular formula is C49H55N5O5S2. The van der Waals surface area contributed by atoms with Crippen molar-refractivity contribution < 1.29 is 19.0 Å². The highest BCUT2D eigenvalue weighted by molar-refractivity contribution is 7.19. The van der Waals surface area contributed by atoms with E-state index in [1.54, 1.807) is 23.0 Å². The predicted molar refractivity (Wildman–Crippen MR) is 249 cm³/mol. The fourth-order valence-electron chi connectivity index (χ4n) is 8.16. The van der Waals surface area contributed by atoms with Crippen LogP contribution in [0.25, 0.3) is 33.0 Å². The van der Waals surface area contributed by atoms with Gasteiger partial charge in [0.1, 0.15) is 12.4 Å². The lowest BCUT2D eigenvalue weighted by atomic mass is 10.0. The van der Waals surface area contributed by atoms with E-state index in [2.05, 4.69) is 83.5 Å². The van der Waals surface area contributed by atoms with Gasteiger partial charge in [-0.2, -0.15) is 0 Å². The van der Waals surface area contributed by atoms with Crippen molar-refractivity contribution >= 4 is 56.1 Å². The molecule has 9 rings (SSSR count). The van der Waals surface area contributed by atoms with Gasteiger partial charge >= 0.3 is 0 Å². The molecule has 1 amide bonds. The van der Waals surface area contributed by atoms with E-state index in [-0.39, 0.29) is 11.5 Å². The summed E-state index contributed by atoms with van der Waals surface area (Å²) in [7, 11) is 3.93. The standard InChI is InChI=1S/C27H30N2O2S.C22H25N3O3S/c1-20-18-30-12-11-29(20)16-25-14-23-15-28(2)17-26(27(23)32-25)22-9-6-10-24(13-22)31-19-21-7-4-3-5-8-21;1-14-13-28-8-7-25(14)11-18-10-19-21(29-18)20(12-24(3)22(19)27)16-5-4-6-17(9-16)23-15(2)26/h3-10,13-15,20H,11-12,16-19H2,1-2H3;4-6,9-10,12,14H,7-8,11,13H2,1-3H3,(H,23,26)/t20-;/m0./s1. The van der Waals surface area contributed by atoms with Crippen LogP contribution in [-0.4, -0.2) is 90.4 Å². The molecule has 0 aliphatic carbocycles. The maximum Gasteiger partial charge on any atom is 0.259 e. The van der Waals surface area contributed by atoms with Gasteiger partial charge < -0.3 is 29.0 Å². The van der Waals surface area contributed by atoms with Crippen LogP contribution in [0.4, 0.5) is 5.69 Å². The highest BCUT2D eigenvalue weighted by Crippen LogP contribution is 2.35. The minimum absolute atomic E-state index is 0.0132. The lowest BCUT2D eigenvalue weighted by Gasteiger charge is -2.32. The second-order valence-corrected chi connectivity index (χ2v) is 18.6. The molecule has 0 spiro atoms. The van der Waals surface area contributed by atoms with Crippen LogP contribution in [0, 0.1) is 0 Å². The molecule has 1 unspecified atom stereocenters. The number of nitrogens with zero attached hydrogens (tertiary/aromatic N) is 4. The fraction of sp³-hybridized carbons (Fsp3) is 0.347. The van der Waals surface area contributed by atoms with Gasteiger partial charge in [-0.1, -0.05) is 54.6 Å². The van der Waals surface area contributed by atoms with Gasteiger partial charge in [-0.25, -0.2) is 0 Å². The van der Waals surface area contributed by atoms with Crippen LogP contribution >= 0.6 is 22.7 Å². The Bertz CT molecular complexity index is 2670. The first-order valence-corrected chi connectivity index (χ1v) is 22.7.